The minimum absolute atomic E-state index is 0.185. The standard InChI is InChI=1S/C14H13ClF3NO3/c1-8-6-9(2-3-10(8)15)11(20)19-5-4-13(7-19,12(21)22)14(16,17)18/h2-3,6H,4-5,7H2,1H3,(H,21,22). The number of carboxylic acid groups (broad SMARTS) is 1. The quantitative estimate of drug-likeness (QED) is 0.903. The number of likely N-dealkylation sites (tertiary alicyclic amines) is 1. The lowest BCUT2D eigenvalue weighted by Gasteiger charge is -2.27. The van der Waals surface area contributed by atoms with Crippen LogP contribution in [0.1, 0.15) is 22.3 Å². The number of aliphatic carboxylic acids is 1. The van der Waals surface area contributed by atoms with Crippen LogP contribution in [-0.2, 0) is 4.79 Å². The van der Waals surface area contributed by atoms with Crippen molar-refractivity contribution >= 4 is 23.5 Å². The summed E-state index contributed by atoms with van der Waals surface area (Å²) in [5.41, 5.74) is -2.10. The zero-order valence-electron chi connectivity index (χ0n) is 11.6. The van der Waals surface area contributed by atoms with Gasteiger partial charge >= 0.3 is 12.1 Å². The van der Waals surface area contributed by atoms with E-state index < -0.39 is 36.4 Å². The topological polar surface area (TPSA) is 57.6 Å². The number of amides is 1. The van der Waals surface area contributed by atoms with Crippen molar-refractivity contribution in [3.8, 4) is 0 Å². The van der Waals surface area contributed by atoms with Crippen molar-refractivity contribution < 1.29 is 27.9 Å². The molecule has 1 fully saturated rings. The second-order valence-electron chi connectivity index (χ2n) is 5.33. The van der Waals surface area contributed by atoms with E-state index in [1.807, 2.05) is 0 Å². The largest absolute Gasteiger partial charge is 0.481 e. The highest BCUT2D eigenvalue weighted by molar-refractivity contribution is 6.31. The summed E-state index contributed by atoms with van der Waals surface area (Å²) in [5.74, 6) is -2.59. The summed E-state index contributed by atoms with van der Waals surface area (Å²) in [6.45, 7) is 0.527. The molecule has 0 aliphatic carbocycles. The van der Waals surface area contributed by atoms with Crippen LogP contribution < -0.4 is 0 Å². The summed E-state index contributed by atoms with van der Waals surface area (Å²) in [5, 5.41) is 9.41. The van der Waals surface area contributed by atoms with Crippen molar-refractivity contribution in [1.82, 2.24) is 4.90 Å². The molecule has 1 heterocycles. The molecular formula is C14H13ClF3NO3. The number of nitrogens with zero attached hydrogens (tertiary/aromatic N) is 1. The smallest absolute Gasteiger partial charge is 0.406 e. The highest BCUT2D eigenvalue weighted by atomic mass is 35.5. The molecule has 0 aromatic heterocycles. The summed E-state index contributed by atoms with van der Waals surface area (Å²) in [4.78, 5) is 24.3. The maximum atomic E-state index is 13.1. The molecule has 1 N–H and O–H groups in total. The first-order valence-electron chi connectivity index (χ1n) is 6.44. The molecule has 4 nitrogen and oxygen atoms in total. The molecule has 1 saturated heterocycles. The zero-order chi connectivity index (χ0) is 16.7. The zero-order valence-corrected chi connectivity index (χ0v) is 12.3. The van der Waals surface area contributed by atoms with Crippen LogP contribution >= 0.6 is 11.6 Å². The number of halogens is 4. The minimum Gasteiger partial charge on any atom is -0.481 e. The van der Waals surface area contributed by atoms with Gasteiger partial charge in [-0.05, 0) is 37.1 Å². The highest BCUT2D eigenvalue weighted by Crippen LogP contribution is 2.46. The SMILES string of the molecule is Cc1cc(C(=O)N2CCC(C(=O)O)(C(F)(F)F)C2)ccc1Cl. The fourth-order valence-corrected chi connectivity index (χ4v) is 2.59. The van der Waals surface area contributed by atoms with Gasteiger partial charge in [-0.25, -0.2) is 0 Å². The Balaban J connectivity index is 2.27. The number of rotatable bonds is 2. The Morgan fingerprint density at radius 3 is 2.45 bits per heavy atom. The minimum atomic E-state index is -4.91. The summed E-state index contributed by atoms with van der Waals surface area (Å²) < 4.78 is 39.3. The molecule has 0 radical (unpaired) electrons. The number of carbonyl (C=O) groups excluding carboxylic acids is 1. The molecular weight excluding hydrogens is 323 g/mol. The Bertz CT molecular complexity index is 632. The number of aryl methyl sites for hydroxylation is 1. The number of hydrogen-bond acceptors (Lipinski definition) is 2. The fourth-order valence-electron chi connectivity index (χ4n) is 2.47. The van der Waals surface area contributed by atoms with Crippen molar-refractivity contribution in [1.29, 1.82) is 0 Å². The van der Waals surface area contributed by atoms with Gasteiger partial charge in [0.2, 0.25) is 0 Å². The molecule has 1 aromatic rings. The van der Waals surface area contributed by atoms with Crippen molar-refractivity contribution in [3.05, 3.63) is 34.3 Å². The van der Waals surface area contributed by atoms with E-state index in [-0.39, 0.29) is 12.1 Å². The van der Waals surface area contributed by atoms with Gasteiger partial charge in [0.25, 0.3) is 5.91 Å². The van der Waals surface area contributed by atoms with Crippen LogP contribution in [0.3, 0.4) is 0 Å². The lowest BCUT2D eigenvalue weighted by molar-refractivity contribution is -0.227. The fraction of sp³-hybridized carbons (Fsp3) is 0.429. The van der Waals surface area contributed by atoms with E-state index in [4.69, 9.17) is 16.7 Å². The van der Waals surface area contributed by atoms with Crippen molar-refractivity contribution in [2.75, 3.05) is 13.1 Å². The number of carboxylic acids is 1. The van der Waals surface area contributed by atoms with Crippen molar-refractivity contribution in [2.24, 2.45) is 5.41 Å². The first-order valence-corrected chi connectivity index (χ1v) is 6.82. The van der Waals surface area contributed by atoms with Gasteiger partial charge in [0, 0.05) is 23.7 Å². The Kier molecular flexibility index (Phi) is 4.12. The maximum Gasteiger partial charge on any atom is 0.406 e. The molecule has 0 spiro atoms. The predicted molar refractivity (Wildman–Crippen MR) is 72.8 cm³/mol. The number of alkyl halides is 3. The van der Waals surface area contributed by atoms with Gasteiger partial charge < -0.3 is 10.0 Å². The van der Waals surface area contributed by atoms with Crippen molar-refractivity contribution in [3.63, 3.8) is 0 Å². The Labute approximate surface area is 129 Å². The lowest BCUT2D eigenvalue weighted by Crippen LogP contribution is -2.47. The van der Waals surface area contributed by atoms with Crippen LogP contribution in [0.2, 0.25) is 5.02 Å². The van der Waals surface area contributed by atoms with E-state index in [1.54, 1.807) is 6.92 Å². The number of carbonyl (C=O) groups is 2. The van der Waals surface area contributed by atoms with E-state index >= 15 is 0 Å². The maximum absolute atomic E-state index is 13.1. The molecule has 1 aliphatic rings. The summed E-state index contributed by atoms with van der Waals surface area (Å²) >= 11 is 5.84. The summed E-state index contributed by atoms with van der Waals surface area (Å²) in [7, 11) is 0. The van der Waals surface area contributed by atoms with Gasteiger partial charge in [0.15, 0.2) is 5.41 Å². The van der Waals surface area contributed by atoms with Gasteiger partial charge in [-0.2, -0.15) is 13.2 Å². The molecule has 8 heteroatoms. The summed E-state index contributed by atoms with van der Waals surface area (Å²) in [6, 6.07) is 4.36. The molecule has 120 valence electrons. The first kappa shape index (κ1) is 16.6. The summed E-state index contributed by atoms with van der Waals surface area (Å²) in [6.07, 6.45) is -5.56. The van der Waals surface area contributed by atoms with Crippen LogP contribution in [0, 0.1) is 12.3 Å². The molecule has 0 bridgehead atoms. The molecule has 1 amide bonds. The highest BCUT2D eigenvalue weighted by Gasteiger charge is 2.64. The Morgan fingerprint density at radius 2 is 2.00 bits per heavy atom. The van der Waals surface area contributed by atoms with Crippen LogP contribution in [0.15, 0.2) is 18.2 Å². The Morgan fingerprint density at radius 1 is 1.36 bits per heavy atom. The van der Waals surface area contributed by atoms with E-state index in [2.05, 4.69) is 0 Å². The molecule has 22 heavy (non-hydrogen) atoms. The van der Waals surface area contributed by atoms with Crippen LogP contribution in [0.4, 0.5) is 13.2 Å². The predicted octanol–water partition coefficient (Wildman–Crippen LogP) is 3.13. The van der Waals surface area contributed by atoms with Crippen LogP contribution in [-0.4, -0.2) is 41.1 Å². The van der Waals surface area contributed by atoms with Gasteiger partial charge in [0.1, 0.15) is 0 Å². The molecule has 1 aromatic carbocycles. The molecule has 1 aliphatic heterocycles. The second-order valence-corrected chi connectivity index (χ2v) is 5.73. The van der Waals surface area contributed by atoms with E-state index in [1.165, 1.54) is 18.2 Å². The first-order chi connectivity index (χ1) is 10.1. The third-order valence-electron chi connectivity index (χ3n) is 3.91. The van der Waals surface area contributed by atoms with Gasteiger partial charge in [0.05, 0.1) is 0 Å². The van der Waals surface area contributed by atoms with Gasteiger partial charge in [-0.15, -0.1) is 0 Å². The monoisotopic (exact) mass is 335 g/mol. The van der Waals surface area contributed by atoms with E-state index in [0.717, 1.165) is 4.90 Å². The third-order valence-corrected chi connectivity index (χ3v) is 4.34. The van der Waals surface area contributed by atoms with Crippen LogP contribution in [0.25, 0.3) is 0 Å². The van der Waals surface area contributed by atoms with E-state index in [0.29, 0.717) is 10.6 Å². The lowest BCUT2D eigenvalue weighted by atomic mass is 9.86. The molecule has 2 rings (SSSR count). The van der Waals surface area contributed by atoms with Gasteiger partial charge in [-0.3, -0.25) is 9.59 Å². The van der Waals surface area contributed by atoms with Gasteiger partial charge in [-0.1, -0.05) is 11.6 Å². The third kappa shape index (κ3) is 2.65. The molecule has 1 unspecified atom stereocenters. The number of benzene rings is 1. The normalized spacial score (nSPS) is 22.0. The van der Waals surface area contributed by atoms with Crippen molar-refractivity contribution in [2.45, 2.75) is 19.5 Å². The molecule has 0 saturated carbocycles. The average Bonchev–Trinajstić information content (AvgIpc) is 2.87. The number of hydrogen-bond donors (Lipinski definition) is 1. The average molecular weight is 336 g/mol. The molecule has 1 atom stereocenters. The Hall–Kier alpha value is -1.76. The second kappa shape index (κ2) is 5.46. The van der Waals surface area contributed by atoms with E-state index in [9.17, 15) is 22.8 Å². The van der Waals surface area contributed by atoms with Crippen LogP contribution in [0.5, 0.6) is 0 Å².